The van der Waals surface area contributed by atoms with E-state index in [1.807, 2.05) is 66.7 Å². The molecule has 0 radical (unpaired) electrons. The highest BCUT2D eigenvalue weighted by Crippen LogP contribution is 2.36. The van der Waals surface area contributed by atoms with Gasteiger partial charge in [0.2, 0.25) is 0 Å². The maximum absolute atomic E-state index is 14.3. The summed E-state index contributed by atoms with van der Waals surface area (Å²) in [5, 5.41) is 6.86. The van der Waals surface area contributed by atoms with Gasteiger partial charge in [-0.1, -0.05) is 77.4 Å². The number of aryl methyl sites for hydroxylation is 1. The third kappa shape index (κ3) is 7.06. The number of hydrogen-bond acceptors (Lipinski definition) is 5. The quantitative estimate of drug-likeness (QED) is 0.157. The molecular formula is C37H41N5O3. The van der Waals surface area contributed by atoms with Gasteiger partial charge < -0.3 is 15.4 Å². The molecule has 8 nitrogen and oxygen atoms in total. The van der Waals surface area contributed by atoms with Crippen LogP contribution >= 0.6 is 0 Å². The van der Waals surface area contributed by atoms with E-state index >= 15 is 0 Å². The van der Waals surface area contributed by atoms with E-state index in [2.05, 4.69) is 55.2 Å². The minimum absolute atomic E-state index is 0.196. The van der Waals surface area contributed by atoms with Crippen molar-refractivity contribution in [2.45, 2.75) is 72.4 Å². The normalized spacial score (nSPS) is 11.3. The van der Waals surface area contributed by atoms with Gasteiger partial charge in [0.05, 0.1) is 0 Å². The number of carbonyl (C=O) groups excluding carboxylic acids is 1. The van der Waals surface area contributed by atoms with Gasteiger partial charge in [-0.25, -0.2) is 9.78 Å². The molecular weight excluding hydrogens is 562 g/mol. The van der Waals surface area contributed by atoms with Crippen LogP contribution in [0.15, 0.2) is 90.1 Å². The summed E-state index contributed by atoms with van der Waals surface area (Å²) in [5.74, 6) is 1.02. The standard InChI is InChI=1S/C37H41N5O3/c1-6-7-20-42-35-31(17-11-19-39-35)32(27-13-8-14-28(21-27)45-23-26-12-10-18-38-22-26)34(36(42)43)41-37(44)40-33-29(24(2)3)15-9-16-30(33)25(4)5/h8-19,21-22,24-25H,6-7,20,23H2,1-5H3,(H2,40,41,44). The molecule has 0 bridgehead atoms. The predicted octanol–water partition coefficient (Wildman–Crippen LogP) is 8.73. The van der Waals surface area contributed by atoms with Gasteiger partial charge in [0.1, 0.15) is 23.7 Å². The van der Waals surface area contributed by atoms with E-state index in [4.69, 9.17) is 4.74 Å². The van der Waals surface area contributed by atoms with Crippen molar-refractivity contribution in [3.05, 3.63) is 112 Å². The molecule has 8 heteroatoms. The van der Waals surface area contributed by atoms with Crippen LogP contribution in [0.1, 0.15) is 76.0 Å². The van der Waals surface area contributed by atoms with Gasteiger partial charge in [0.25, 0.3) is 5.56 Å². The van der Waals surface area contributed by atoms with Crippen molar-refractivity contribution >= 4 is 28.4 Å². The fourth-order valence-corrected chi connectivity index (χ4v) is 5.56. The first-order valence-corrected chi connectivity index (χ1v) is 15.6. The molecule has 45 heavy (non-hydrogen) atoms. The van der Waals surface area contributed by atoms with Crippen molar-refractivity contribution in [2.24, 2.45) is 0 Å². The molecule has 3 aromatic heterocycles. The number of aromatic nitrogens is 3. The first kappa shape index (κ1) is 31.4. The molecule has 5 rings (SSSR count). The van der Waals surface area contributed by atoms with E-state index in [0.29, 0.717) is 30.1 Å². The Morgan fingerprint density at radius 3 is 2.29 bits per heavy atom. The zero-order valence-electron chi connectivity index (χ0n) is 26.6. The molecule has 0 atom stereocenters. The maximum atomic E-state index is 14.3. The summed E-state index contributed by atoms with van der Waals surface area (Å²) in [6.07, 6.45) is 6.89. The predicted molar refractivity (Wildman–Crippen MR) is 182 cm³/mol. The molecule has 0 fully saturated rings. The van der Waals surface area contributed by atoms with Crippen molar-refractivity contribution in [3.63, 3.8) is 0 Å². The highest BCUT2D eigenvalue weighted by molar-refractivity contribution is 6.07. The number of fused-ring (bicyclic) bond motifs is 1. The molecule has 0 spiro atoms. The van der Waals surface area contributed by atoms with E-state index in [1.165, 1.54) is 0 Å². The average molecular weight is 604 g/mol. The summed E-state index contributed by atoms with van der Waals surface area (Å²) in [7, 11) is 0. The zero-order chi connectivity index (χ0) is 31.9. The van der Waals surface area contributed by atoms with Crippen LogP contribution in [0.3, 0.4) is 0 Å². The monoisotopic (exact) mass is 603 g/mol. The minimum atomic E-state index is -0.474. The Morgan fingerprint density at radius 1 is 0.889 bits per heavy atom. The van der Waals surface area contributed by atoms with Gasteiger partial charge in [-0.3, -0.25) is 14.3 Å². The Kier molecular flexibility index (Phi) is 9.92. The number of urea groups is 1. The third-order valence-corrected chi connectivity index (χ3v) is 7.86. The Hall–Kier alpha value is -4.98. The molecule has 2 aromatic carbocycles. The lowest BCUT2D eigenvalue weighted by molar-refractivity contribution is 0.262. The molecule has 232 valence electrons. The number of benzene rings is 2. The molecule has 3 heterocycles. The number of para-hydroxylation sites is 1. The van der Waals surface area contributed by atoms with E-state index in [0.717, 1.165) is 46.2 Å². The van der Waals surface area contributed by atoms with Crippen molar-refractivity contribution in [1.82, 2.24) is 14.5 Å². The maximum Gasteiger partial charge on any atom is 0.323 e. The number of ether oxygens (including phenoxy) is 1. The van der Waals surface area contributed by atoms with Crippen LogP contribution in [0.5, 0.6) is 5.75 Å². The Morgan fingerprint density at radius 2 is 1.60 bits per heavy atom. The van der Waals surface area contributed by atoms with Crippen molar-refractivity contribution in [3.8, 4) is 16.9 Å². The molecule has 0 aliphatic rings. The van der Waals surface area contributed by atoms with Crippen molar-refractivity contribution in [2.75, 3.05) is 10.6 Å². The fourth-order valence-electron chi connectivity index (χ4n) is 5.56. The zero-order valence-corrected chi connectivity index (χ0v) is 26.6. The third-order valence-electron chi connectivity index (χ3n) is 7.86. The number of unbranched alkanes of at least 4 members (excludes halogenated alkanes) is 1. The number of nitrogens with zero attached hydrogens (tertiary/aromatic N) is 3. The van der Waals surface area contributed by atoms with Gasteiger partial charge in [-0.2, -0.15) is 0 Å². The fraction of sp³-hybridized carbons (Fsp3) is 0.297. The Balaban J connectivity index is 1.61. The summed E-state index contributed by atoms with van der Waals surface area (Å²) in [4.78, 5) is 36.9. The molecule has 0 saturated carbocycles. The van der Waals surface area contributed by atoms with E-state index in [9.17, 15) is 9.59 Å². The van der Waals surface area contributed by atoms with Gasteiger partial charge in [-0.05, 0) is 65.3 Å². The molecule has 0 aliphatic heterocycles. The molecule has 5 aromatic rings. The Bertz CT molecular complexity index is 1820. The summed E-state index contributed by atoms with van der Waals surface area (Å²) in [5.41, 5.74) is 5.60. The number of carbonyl (C=O) groups is 1. The van der Waals surface area contributed by atoms with E-state index in [1.54, 1.807) is 23.2 Å². The van der Waals surface area contributed by atoms with Crippen LogP contribution in [-0.2, 0) is 13.2 Å². The molecule has 0 unspecified atom stereocenters. The van der Waals surface area contributed by atoms with Gasteiger partial charge in [0.15, 0.2) is 0 Å². The van der Waals surface area contributed by atoms with Crippen LogP contribution in [0, 0.1) is 0 Å². The second-order valence-electron chi connectivity index (χ2n) is 11.8. The smallest absolute Gasteiger partial charge is 0.323 e. The van der Waals surface area contributed by atoms with Crippen LogP contribution in [0.2, 0.25) is 0 Å². The Labute approximate surface area is 264 Å². The lowest BCUT2D eigenvalue weighted by Crippen LogP contribution is -2.30. The SMILES string of the molecule is CCCCn1c(=O)c(NC(=O)Nc2c(C(C)C)cccc2C(C)C)c(-c2cccc(OCc3cccnc3)c2)c2cccnc21. The highest BCUT2D eigenvalue weighted by Gasteiger charge is 2.23. The summed E-state index contributed by atoms with van der Waals surface area (Å²) < 4.78 is 7.77. The number of pyridine rings is 3. The first-order chi connectivity index (χ1) is 21.8. The highest BCUT2D eigenvalue weighted by atomic mass is 16.5. The van der Waals surface area contributed by atoms with Crippen LogP contribution < -0.4 is 20.9 Å². The molecule has 2 amide bonds. The molecule has 0 saturated heterocycles. The van der Waals surface area contributed by atoms with Gasteiger partial charge in [-0.15, -0.1) is 0 Å². The second-order valence-corrected chi connectivity index (χ2v) is 11.8. The summed E-state index contributed by atoms with van der Waals surface area (Å²) >= 11 is 0. The number of hydrogen-bond donors (Lipinski definition) is 2. The summed E-state index contributed by atoms with van der Waals surface area (Å²) in [6, 6.07) is 20.8. The van der Waals surface area contributed by atoms with Gasteiger partial charge >= 0.3 is 6.03 Å². The lowest BCUT2D eigenvalue weighted by Gasteiger charge is -2.22. The minimum Gasteiger partial charge on any atom is -0.489 e. The van der Waals surface area contributed by atoms with Crippen LogP contribution in [-0.4, -0.2) is 20.6 Å². The van der Waals surface area contributed by atoms with E-state index < -0.39 is 6.03 Å². The molecule has 0 aliphatic carbocycles. The van der Waals surface area contributed by atoms with Crippen LogP contribution in [0.4, 0.5) is 16.2 Å². The second kappa shape index (κ2) is 14.2. The number of amides is 2. The van der Waals surface area contributed by atoms with E-state index in [-0.39, 0.29) is 23.1 Å². The number of anilines is 2. The van der Waals surface area contributed by atoms with Crippen LogP contribution in [0.25, 0.3) is 22.2 Å². The van der Waals surface area contributed by atoms with Crippen molar-refractivity contribution < 1.29 is 9.53 Å². The molecule has 2 N–H and O–H groups in total. The topological polar surface area (TPSA) is 98.1 Å². The van der Waals surface area contributed by atoms with Crippen molar-refractivity contribution in [1.29, 1.82) is 0 Å². The largest absolute Gasteiger partial charge is 0.489 e. The average Bonchev–Trinajstić information content (AvgIpc) is 3.04. The number of nitrogens with one attached hydrogen (secondary N) is 2. The summed E-state index contributed by atoms with van der Waals surface area (Å²) in [6.45, 7) is 11.3. The first-order valence-electron chi connectivity index (χ1n) is 15.6. The number of rotatable bonds is 11. The lowest BCUT2D eigenvalue weighted by atomic mass is 9.93. The van der Waals surface area contributed by atoms with Gasteiger partial charge in [0, 0.05) is 47.3 Å².